The van der Waals surface area contributed by atoms with Crippen molar-refractivity contribution in [2.45, 2.75) is 26.8 Å². The van der Waals surface area contributed by atoms with Gasteiger partial charge >= 0.3 is 0 Å². The molecule has 0 atom stereocenters. The normalized spacial score (nSPS) is 10.7. The molecule has 0 saturated heterocycles. The number of rotatable bonds is 5. The molecular weight excluding hydrogens is 306 g/mol. The Balaban J connectivity index is 1.92. The predicted octanol–water partition coefficient (Wildman–Crippen LogP) is 3.50. The van der Waals surface area contributed by atoms with Gasteiger partial charge in [-0.05, 0) is 25.5 Å². The molecule has 5 nitrogen and oxygen atoms in total. The zero-order chi connectivity index (χ0) is 16.2. The molecule has 0 aromatic carbocycles. The number of aromatic nitrogens is 4. The fourth-order valence-electron chi connectivity index (χ4n) is 2.23. The molecule has 0 radical (unpaired) electrons. The predicted molar refractivity (Wildman–Crippen MR) is 93.6 cm³/mol. The number of pyridine rings is 1. The molecule has 3 heterocycles. The van der Waals surface area contributed by atoms with Crippen LogP contribution >= 0.6 is 11.3 Å². The van der Waals surface area contributed by atoms with Crippen LogP contribution in [0.2, 0.25) is 0 Å². The average molecular weight is 325 g/mol. The minimum atomic E-state index is 0.669. The summed E-state index contributed by atoms with van der Waals surface area (Å²) < 4.78 is 0. The Morgan fingerprint density at radius 3 is 2.70 bits per heavy atom. The lowest BCUT2D eigenvalue weighted by Crippen LogP contribution is -2.18. The molecule has 0 N–H and O–H groups in total. The van der Waals surface area contributed by atoms with Crippen molar-refractivity contribution in [2.24, 2.45) is 0 Å². The molecule has 0 amide bonds. The monoisotopic (exact) mass is 325 g/mol. The molecule has 0 spiro atoms. The van der Waals surface area contributed by atoms with Crippen LogP contribution in [-0.4, -0.2) is 27.0 Å². The summed E-state index contributed by atoms with van der Waals surface area (Å²) in [5.41, 5.74) is 2.87. The first-order valence-electron chi connectivity index (χ1n) is 7.57. The molecule has 23 heavy (non-hydrogen) atoms. The van der Waals surface area contributed by atoms with Gasteiger partial charge in [-0.15, -0.1) is 11.3 Å². The summed E-state index contributed by atoms with van der Waals surface area (Å²) in [7, 11) is 2.03. The summed E-state index contributed by atoms with van der Waals surface area (Å²) in [5, 5.41) is 3.15. The van der Waals surface area contributed by atoms with Crippen LogP contribution in [0, 0.1) is 6.92 Å². The van der Waals surface area contributed by atoms with Gasteiger partial charge in [0.2, 0.25) is 0 Å². The molecule has 6 heteroatoms. The Morgan fingerprint density at radius 1 is 1.17 bits per heavy atom. The summed E-state index contributed by atoms with van der Waals surface area (Å²) in [6.07, 6.45) is 2.62. The Morgan fingerprint density at radius 2 is 2.04 bits per heavy atom. The van der Waals surface area contributed by atoms with Gasteiger partial charge in [0.15, 0.2) is 5.82 Å². The van der Waals surface area contributed by atoms with E-state index < -0.39 is 0 Å². The summed E-state index contributed by atoms with van der Waals surface area (Å²) in [6, 6.07) is 7.81. The lowest BCUT2D eigenvalue weighted by Gasteiger charge is -2.18. The molecule has 0 aliphatic carbocycles. The molecule has 3 aromatic heterocycles. The minimum Gasteiger partial charge on any atom is -0.353 e. The van der Waals surface area contributed by atoms with E-state index in [9.17, 15) is 0 Å². The van der Waals surface area contributed by atoms with Crippen LogP contribution in [0.4, 0.5) is 5.82 Å². The van der Waals surface area contributed by atoms with Crippen molar-refractivity contribution < 1.29 is 0 Å². The van der Waals surface area contributed by atoms with Gasteiger partial charge < -0.3 is 4.90 Å². The molecule has 0 bridgehead atoms. The first-order chi connectivity index (χ1) is 11.2. The summed E-state index contributed by atoms with van der Waals surface area (Å²) in [6.45, 7) is 4.85. The van der Waals surface area contributed by atoms with Crippen LogP contribution in [0.3, 0.4) is 0 Å². The van der Waals surface area contributed by atoms with E-state index in [1.54, 1.807) is 17.5 Å². The zero-order valence-corrected chi connectivity index (χ0v) is 14.3. The average Bonchev–Trinajstić information content (AvgIpc) is 3.00. The highest BCUT2D eigenvalue weighted by Crippen LogP contribution is 2.20. The first-order valence-corrected chi connectivity index (χ1v) is 8.45. The first kappa shape index (κ1) is 15.6. The maximum absolute atomic E-state index is 4.68. The number of hydrogen-bond acceptors (Lipinski definition) is 6. The van der Waals surface area contributed by atoms with Crippen molar-refractivity contribution in [3.8, 4) is 11.5 Å². The van der Waals surface area contributed by atoms with Crippen LogP contribution in [-0.2, 0) is 13.0 Å². The molecule has 0 aliphatic heterocycles. The highest BCUT2D eigenvalue weighted by atomic mass is 32.1. The highest BCUT2D eigenvalue weighted by molar-refractivity contribution is 7.09. The van der Waals surface area contributed by atoms with Gasteiger partial charge in [0, 0.05) is 36.1 Å². The largest absolute Gasteiger partial charge is 0.353 e. The van der Waals surface area contributed by atoms with Crippen LogP contribution in [0.5, 0.6) is 0 Å². The van der Waals surface area contributed by atoms with Crippen molar-refractivity contribution in [3.05, 3.63) is 52.2 Å². The zero-order valence-electron chi connectivity index (χ0n) is 13.5. The summed E-state index contributed by atoms with van der Waals surface area (Å²) >= 11 is 1.67. The number of hydrogen-bond donors (Lipinski definition) is 0. The number of thiazole rings is 1. The third-order valence-electron chi connectivity index (χ3n) is 3.45. The minimum absolute atomic E-state index is 0.669. The third-order valence-corrected chi connectivity index (χ3v) is 4.40. The van der Waals surface area contributed by atoms with Crippen molar-refractivity contribution in [2.75, 3.05) is 11.9 Å². The number of aryl methyl sites for hydroxylation is 2. The molecule has 0 unspecified atom stereocenters. The van der Waals surface area contributed by atoms with Crippen LogP contribution < -0.4 is 4.90 Å². The van der Waals surface area contributed by atoms with Gasteiger partial charge in [-0.3, -0.25) is 4.98 Å². The molecule has 118 valence electrons. The Bertz CT molecular complexity index is 785. The standard InChI is InChI=1S/C17H19N5S/c1-4-13-9-15(22(3)10-16-19-12(2)11-23-16)21-17(20-13)14-7-5-6-8-18-14/h5-9,11H,4,10H2,1-3H3. The van der Waals surface area contributed by atoms with Crippen LogP contribution in [0.15, 0.2) is 35.8 Å². The van der Waals surface area contributed by atoms with E-state index in [1.807, 2.05) is 38.2 Å². The Hall–Kier alpha value is -2.34. The topological polar surface area (TPSA) is 54.8 Å². The van der Waals surface area contributed by atoms with Crippen molar-refractivity contribution in [1.82, 2.24) is 19.9 Å². The van der Waals surface area contributed by atoms with Gasteiger partial charge in [-0.2, -0.15) is 0 Å². The van der Waals surface area contributed by atoms with Gasteiger partial charge in [0.1, 0.15) is 16.5 Å². The van der Waals surface area contributed by atoms with E-state index in [2.05, 4.69) is 37.1 Å². The Labute approximate surface area is 140 Å². The van der Waals surface area contributed by atoms with E-state index in [1.165, 1.54) is 0 Å². The molecule has 0 saturated carbocycles. The van der Waals surface area contributed by atoms with Gasteiger partial charge in [0.05, 0.1) is 6.54 Å². The molecule has 3 aromatic rings. The second-order valence-corrected chi connectivity index (χ2v) is 6.29. The van der Waals surface area contributed by atoms with Gasteiger partial charge in [-0.1, -0.05) is 13.0 Å². The lowest BCUT2D eigenvalue weighted by atomic mass is 10.2. The lowest BCUT2D eigenvalue weighted by molar-refractivity contribution is 0.868. The second kappa shape index (κ2) is 6.83. The summed E-state index contributed by atoms with van der Waals surface area (Å²) in [4.78, 5) is 20.3. The SMILES string of the molecule is CCc1cc(N(C)Cc2nc(C)cs2)nc(-c2ccccn2)n1. The smallest absolute Gasteiger partial charge is 0.180 e. The third kappa shape index (κ3) is 3.71. The molecule has 3 rings (SSSR count). The molecule has 0 aliphatic rings. The van der Waals surface area contributed by atoms with Gasteiger partial charge in [-0.25, -0.2) is 15.0 Å². The maximum atomic E-state index is 4.68. The van der Waals surface area contributed by atoms with E-state index in [-0.39, 0.29) is 0 Å². The fraction of sp³-hybridized carbons (Fsp3) is 0.294. The van der Waals surface area contributed by atoms with Crippen molar-refractivity contribution in [1.29, 1.82) is 0 Å². The van der Waals surface area contributed by atoms with Crippen LogP contribution in [0.1, 0.15) is 23.3 Å². The quantitative estimate of drug-likeness (QED) is 0.718. The second-order valence-electron chi connectivity index (χ2n) is 5.35. The maximum Gasteiger partial charge on any atom is 0.180 e. The van der Waals surface area contributed by atoms with E-state index in [0.29, 0.717) is 5.82 Å². The van der Waals surface area contributed by atoms with Crippen molar-refractivity contribution >= 4 is 17.2 Å². The Kier molecular flexibility index (Phi) is 4.62. The van der Waals surface area contributed by atoms with Crippen molar-refractivity contribution in [3.63, 3.8) is 0 Å². The molecule has 0 fully saturated rings. The number of nitrogens with zero attached hydrogens (tertiary/aromatic N) is 5. The summed E-state index contributed by atoms with van der Waals surface area (Å²) in [5.74, 6) is 1.56. The highest BCUT2D eigenvalue weighted by Gasteiger charge is 2.12. The number of anilines is 1. The fourth-order valence-corrected chi connectivity index (χ4v) is 3.05. The van der Waals surface area contributed by atoms with Crippen LogP contribution in [0.25, 0.3) is 11.5 Å². The van der Waals surface area contributed by atoms with Gasteiger partial charge in [0.25, 0.3) is 0 Å². The van der Waals surface area contributed by atoms with E-state index >= 15 is 0 Å². The van der Waals surface area contributed by atoms with E-state index in [0.717, 1.165) is 40.9 Å². The molecular formula is C17H19N5S. The van der Waals surface area contributed by atoms with E-state index in [4.69, 9.17) is 0 Å².